The molecule has 1 aromatic carbocycles. The van der Waals surface area contributed by atoms with Gasteiger partial charge in [0, 0.05) is 49.6 Å². The number of amides is 1. The Balaban J connectivity index is 1.31. The average molecular weight is 477 g/mol. The van der Waals surface area contributed by atoms with E-state index in [9.17, 15) is 4.79 Å². The first-order valence-corrected chi connectivity index (χ1v) is 12.6. The van der Waals surface area contributed by atoms with Crippen LogP contribution in [0.2, 0.25) is 5.02 Å². The molecule has 2 aromatic rings. The van der Waals surface area contributed by atoms with Gasteiger partial charge in [-0.3, -0.25) is 9.10 Å². The maximum atomic E-state index is 12.7. The Morgan fingerprint density at radius 2 is 1.50 bits per heavy atom. The molecular weight excluding hydrogens is 448 g/mol. The molecular formula is C23H29ClN4O3S. The molecule has 3 heterocycles. The number of rotatable bonds is 6. The highest BCUT2D eigenvalue weighted by Crippen LogP contribution is 2.28. The van der Waals surface area contributed by atoms with Gasteiger partial charge in [-0.25, -0.2) is 9.97 Å². The Morgan fingerprint density at radius 1 is 0.969 bits per heavy atom. The number of aromatic nitrogens is 2. The molecule has 32 heavy (non-hydrogen) atoms. The maximum absolute atomic E-state index is 12.7. The van der Waals surface area contributed by atoms with E-state index in [1.54, 1.807) is 36.2 Å². The third-order valence-electron chi connectivity index (χ3n) is 6.03. The molecule has 1 aromatic heterocycles. The van der Waals surface area contributed by atoms with Crippen LogP contribution < -0.4 is 9.47 Å². The number of nitrogens with zero attached hydrogens (tertiary/aromatic N) is 4. The van der Waals surface area contributed by atoms with Gasteiger partial charge in [0.15, 0.2) is 0 Å². The minimum absolute atomic E-state index is 0.00976. The molecule has 2 aliphatic rings. The number of hydrogen-bond donors (Lipinski definition) is 0. The predicted molar refractivity (Wildman–Crippen MR) is 127 cm³/mol. The van der Waals surface area contributed by atoms with Crippen LogP contribution in [0.3, 0.4) is 0 Å². The van der Waals surface area contributed by atoms with Crippen LogP contribution in [0.25, 0.3) is 0 Å². The summed E-state index contributed by atoms with van der Waals surface area (Å²) in [5.41, 5.74) is 1.49. The van der Waals surface area contributed by atoms with Crippen molar-refractivity contribution >= 4 is 29.5 Å². The molecule has 0 saturated carbocycles. The van der Waals surface area contributed by atoms with E-state index < -0.39 is 0 Å². The lowest BCUT2D eigenvalue weighted by atomic mass is 10.1. The maximum Gasteiger partial charge on any atom is 0.253 e. The molecule has 4 rings (SSSR count). The summed E-state index contributed by atoms with van der Waals surface area (Å²) in [5, 5.41) is 0.627. The molecule has 0 aliphatic carbocycles. The number of ether oxygens (including phenoxy) is 2. The van der Waals surface area contributed by atoms with Crippen molar-refractivity contribution in [2.45, 2.75) is 44.8 Å². The second kappa shape index (κ2) is 10.7. The molecule has 0 radical (unpaired) electrons. The fourth-order valence-corrected chi connectivity index (χ4v) is 4.76. The van der Waals surface area contributed by atoms with Crippen molar-refractivity contribution in [1.29, 1.82) is 0 Å². The minimum atomic E-state index is 0.00976. The fraction of sp³-hybridized carbons (Fsp3) is 0.522. The van der Waals surface area contributed by atoms with E-state index in [4.69, 9.17) is 21.1 Å². The average Bonchev–Trinajstić information content (AvgIpc) is 2.83. The van der Waals surface area contributed by atoms with Gasteiger partial charge >= 0.3 is 0 Å². The molecule has 0 N–H and O–H groups in total. The van der Waals surface area contributed by atoms with Gasteiger partial charge < -0.3 is 14.4 Å². The summed E-state index contributed by atoms with van der Waals surface area (Å²) in [4.78, 5) is 23.3. The lowest BCUT2D eigenvalue weighted by Gasteiger charge is -2.32. The van der Waals surface area contributed by atoms with Gasteiger partial charge in [0.2, 0.25) is 11.8 Å². The van der Waals surface area contributed by atoms with E-state index in [0.717, 1.165) is 44.3 Å². The number of likely N-dealkylation sites (tertiary alicyclic amines) is 1. The molecule has 2 fully saturated rings. The van der Waals surface area contributed by atoms with E-state index in [0.29, 0.717) is 35.4 Å². The monoisotopic (exact) mass is 476 g/mol. The predicted octanol–water partition coefficient (Wildman–Crippen LogP) is 4.24. The van der Waals surface area contributed by atoms with Gasteiger partial charge in [-0.15, -0.1) is 0 Å². The van der Waals surface area contributed by atoms with Crippen molar-refractivity contribution in [3.8, 4) is 11.8 Å². The van der Waals surface area contributed by atoms with E-state index in [2.05, 4.69) is 20.5 Å². The third kappa shape index (κ3) is 5.66. The highest BCUT2D eigenvalue weighted by atomic mass is 35.5. The summed E-state index contributed by atoms with van der Waals surface area (Å²) in [6.07, 6.45) is 7.28. The van der Waals surface area contributed by atoms with E-state index in [1.807, 2.05) is 11.8 Å². The van der Waals surface area contributed by atoms with Crippen LogP contribution in [0.4, 0.5) is 0 Å². The van der Waals surface area contributed by atoms with Crippen molar-refractivity contribution in [2.75, 3.05) is 32.4 Å². The van der Waals surface area contributed by atoms with E-state index >= 15 is 0 Å². The second-order valence-corrected chi connectivity index (χ2v) is 9.47. The number of benzene rings is 1. The van der Waals surface area contributed by atoms with Crippen LogP contribution in [0, 0.1) is 6.92 Å². The summed E-state index contributed by atoms with van der Waals surface area (Å²) in [6, 6.07) is 7.02. The Kier molecular flexibility index (Phi) is 7.75. The lowest BCUT2D eigenvalue weighted by molar-refractivity contribution is 0.0584. The van der Waals surface area contributed by atoms with Crippen molar-refractivity contribution in [1.82, 2.24) is 19.2 Å². The third-order valence-corrected chi connectivity index (χ3v) is 7.16. The molecule has 0 bridgehead atoms. The van der Waals surface area contributed by atoms with Crippen molar-refractivity contribution in [2.24, 2.45) is 0 Å². The first-order valence-electron chi connectivity index (χ1n) is 11.0. The van der Waals surface area contributed by atoms with Gasteiger partial charge in [0.25, 0.3) is 5.91 Å². The largest absolute Gasteiger partial charge is 0.474 e. The Morgan fingerprint density at radius 3 is 2.03 bits per heavy atom. The standard InChI is InChI=1S/C23H29ClN4O3S/c1-16-21(25-15-26-22(16)31-20-9-13-28(32-2)14-10-20)30-19-7-11-27(12-8-19)23(29)17-3-5-18(24)6-4-17/h3-6,15,19-20H,7-14H2,1-2H3. The van der Waals surface area contributed by atoms with Crippen LogP contribution in [-0.4, -0.2) is 69.7 Å². The molecule has 7 nitrogen and oxygen atoms in total. The Labute approximate surface area is 198 Å². The fourth-order valence-electron chi connectivity index (χ4n) is 4.06. The molecule has 1 amide bonds. The number of piperidine rings is 2. The number of halogens is 1. The van der Waals surface area contributed by atoms with Crippen molar-refractivity contribution in [3.63, 3.8) is 0 Å². The SMILES string of the molecule is CSN1CCC(Oc2ncnc(OC3CCN(C(=O)c4ccc(Cl)cc4)CC3)c2C)CC1. The molecule has 172 valence electrons. The topological polar surface area (TPSA) is 67.8 Å². The van der Waals surface area contributed by atoms with Crippen molar-refractivity contribution in [3.05, 3.63) is 46.7 Å². The smallest absolute Gasteiger partial charge is 0.253 e. The van der Waals surface area contributed by atoms with Crippen molar-refractivity contribution < 1.29 is 14.3 Å². The molecule has 0 unspecified atom stereocenters. The first-order chi connectivity index (χ1) is 15.5. The summed E-state index contributed by atoms with van der Waals surface area (Å²) in [5.74, 6) is 1.20. The molecule has 2 saturated heterocycles. The Hall–Kier alpha value is -2.03. The van der Waals surface area contributed by atoms with E-state index in [-0.39, 0.29) is 18.1 Å². The zero-order valence-electron chi connectivity index (χ0n) is 18.5. The lowest BCUT2D eigenvalue weighted by Crippen LogP contribution is -2.41. The molecule has 0 spiro atoms. The first kappa shape index (κ1) is 23.1. The Bertz CT molecular complexity index is 914. The quantitative estimate of drug-likeness (QED) is 0.577. The zero-order valence-corrected chi connectivity index (χ0v) is 20.1. The highest BCUT2D eigenvalue weighted by molar-refractivity contribution is 7.96. The van der Waals surface area contributed by atoms with Crippen LogP contribution in [0.5, 0.6) is 11.8 Å². The van der Waals surface area contributed by atoms with Crippen LogP contribution >= 0.6 is 23.5 Å². The van der Waals surface area contributed by atoms with Gasteiger partial charge in [-0.2, -0.15) is 0 Å². The molecule has 2 aliphatic heterocycles. The number of carbonyl (C=O) groups excluding carboxylic acids is 1. The number of carbonyl (C=O) groups is 1. The summed E-state index contributed by atoms with van der Waals surface area (Å²) in [7, 11) is 0. The van der Waals surface area contributed by atoms with Gasteiger partial charge in [0.05, 0.1) is 5.56 Å². The summed E-state index contributed by atoms with van der Waals surface area (Å²) < 4.78 is 14.7. The van der Waals surface area contributed by atoms with Gasteiger partial charge in [-0.05, 0) is 50.3 Å². The van der Waals surface area contributed by atoms with Gasteiger partial charge in [-0.1, -0.05) is 23.5 Å². The van der Waals surface area contributed by atoms with Crippen LogP contribution in [-0.2, 0) is 0 Å². The number of hydrogen-bond acceptors (Lipinski definition) is 7. The van der Waals surface area contributed by atoms with E-state index in [1.165, 1.54) is 6.33 Å². The van der Waals surface area contributed by atoms with Crippen LogP contribution in [0.1, 0.15) is 41.6 Å². The minimum Gasteiger partial charge on any atom is -0.474 e. The zero-order chi connectivity index (χ0) is 22.5. The summed E-state index contributed by atoms with van der Waals surface area (Å²) >= 11 is 7.71. The second-order valence-electron chi connectivity index (χ2n) is 8.15. The summed E-state index contributed by atoms with van der Waals surface area (Å²) in [6.45, 7) is 5.28. The normalized spacial score (nSPS) is 18.5. The van der Waals surface area contributed by atoms with Crippen LogP contribution in [0.15, 0.2) is 30.6 Å². The molecule has 0 atom stereocenters. The highest BCUT2D eigenvalue weighted by Gasteiger charge is 2.27. The van der Waals surface area contributed by atoms with Gasteiger partial charge in [0.1, 0.15) is 18.5 Å². The molecule has 9 heteroatoms.